The van der Waals surface area contributed by atoms with Crippen LogP contribution >= 0.6 is 15.9 Å². The van der Waals surface area contributed by atoms with Gasteiger partial charge >= 0.3 is 0 Å². The minimum atomic E-state index is -1.21. The van der Waals surface area contributed by atoms with E-state index in [1.807, 2.05) is 110 Å². The highest BCUT2D eigenvalue weighted by Crippen LogP contribution is 2.52. The number of carbonyl (C=O) groups excluding carboxylic acids is 3. The Labute approximate surface area is 242 Å². The van der Waals surface area contributed by atoms with E-state index in [0.29, 0.717) is 13.0 Å². The van der Waals surface area contributed by atoms with Gasteiger partial charge in [-0.2, -0.15) is 0 Å². The van der Waals surface area contributed by atoms with Crippen molar-refractivity contribution in [1.29, 1.82) is 0 Å². The van der Waals surface area contributed by atoms with Crippen LogP contribution in [0, 0.1) is 12.8 Å². The Hall–Kier alpha value is -4.03. The van der Waals surface area contributed by atoms with Crippen molar-refractivity contribution >= 4 is 39.3 Å². The number of fused-ring (bicyclic) bond motifs is 1. The monoisotopic (exact) mass is 592 g/mol. The van der Waals surface area contributed by atoms with Crippen molar-refractivity contribution in [2.75, 3.05) is 4.90 Å². The Morgan fingerprint density at radius 3 is 1.98 bits per heavy atom. The first kappa shape index (κ1) is 26.2. The van der Waals surface area contributed by atoms with Gasteiger partial charge in [-0.1, -0.05) is 106 Å². The summed E-state index contributed by atoms with van der Waals surface area (Å²) in [6, 6.07) is 33.3. The van der Waals surface area contributed by atoms with Gasteiger partial charge in [0.2, 0.25) is 17.7 Å². The zero-order valence-corrected chi connectivity index (χ0v) is 23.8. The first-order valence-electron chi connectivity index (χ1n) is 13.5. The molecule has 5 nitrogen and oxygen atoms in total. The van der Waals surface area contributed by atoms with Gasteiger partial charge in [0.05, 0.1) is 24.4 Å². The molecule has 0 radical (unpaired) electrons. The van der Waals surface area contributed by atoms with Gasteiger partial charge in [0.1, 0.15) is 0 Å². The lowest BCUT2D eigenvalue weighted by Crippen LogP contribution is -2.49. The van der Waals surface area contributed by atoms with Crippen LogP contribution in [0.2, 0.25) is 0 Å². The normalized spacial score (nSPS) is 20.4. The third-order valence-electron chi connectivity index (χ3n) is 8.15. The Balaban J connectivity index is 1.48. The van der Waals surface area contributed by atoms with E-state index in [2.05, 4.69) is 15.9 Å². The number of aryl methyl sites for hydroxylation is 1. The van der Waals surface area contributed by atoms with E-state index in [-0.39, 0.29) is 30.7 Å². The predicted molar refractivity (Wildman–Crippen MR) is 158 cm³/mol. The second-order valence-corrected chi connectivity index (χ2v) is 11.6. The Morgan fingerprint density at radius 2 is 1.35 bits per heavy atom. The van der Waals surface area contributed by atoms with Crippen molar-refractivity contribution < 1.29 is 14.4 Å². The second kappa shape index (κ2) is 10.5. The molecule has 0 aromatic heterocycles. The number of benzene rings is 4. The van der Waals surface area contributed by atoms with Crippen LogP contribution in [0.4, 0.5) is 5.69 Å². The minimum absolute atomic E-state index is 0.000490. The van der Waals surface area contributed by atoms with Crippen molar-refractivity contribution in [1.82, 2.24) is 4.90 Å². The first-order valence-corrected chi connectivity index (χ1v) is 14.3. The van der Waals surface area contributed by atoms with Crippen LogP contribution in [0.5, 0.6) is 0 Å². The van der Waals surface area contributed by atoms with Crippen molar-refractivity contribution in [2.24, 2.45) is 5.92 Å². The van der Waals surface area contributed by atoms with Crippen LogP contribution in [-0.2, 0) is 39.3 Å². The fraction of sp³-hybridized carbons (Fsp3) is 0.206. The number of hydrogen-bond acceptors (Lipinski definition) is 3. The van der Waals surface area contributed by atoms with E-state index >= 15 is 0 Å². The second-order valence-electron chi connectivity index (χ2n) is 10.7. The summed E-state index contributed by atoms with van der Waals surface area (Å²) in [6.45, 7) is 2.59. The molecule has 6 rings (SSSR count). The highest BCUT2D eigenvalue weighted by atomic mass is 79.9. The number of carbonyl (C=O) groups is 3. The van der Waals surface area contributed by atoms with Crippen LogP contribution in [0.25, 0.3) is 0 Å². The number of anilines is 1. The van der Waals surface area contributed by atoms with Crippen molar-refractivity contribution in [3.05, 3.63) is 135 Å². The summed E-state index contributed by atoms with van der Waals surface area (Å²) in [5, 5.41) is 0. The Kier molecular flexibility index (Phi) is 6.88. The zero-order valence-electron chi connectivity index (χ0n) is 22.2. The smallest absolute Gasteiger partial charge is 0.239 e. The van der Waals surface area contributed by atoms with Crippen LogP contribution in [0.1, 0.15) is 34.2 Å². The summed E-state index contributed by atoms with van der Waals surface area (Å²) in [6.07, 6.45) is 0.324. The molecule has 200 valence electrons. The predicted octanol–water partition coefficient (Wildman–Crippen LogP) is 6.36. The number of rotatable bonds is 7. The maximum absolute atomic E-state index is 14.8. The van der Waals surface area contributed by atoms with Gasteiger partial charge in [-0.05, 0) is 53.8 Å². The summed E-state index contributed by atoms with van der Waals surface area (Å²) in [5.41, 5.74) is 4.25. The SMILES string of the molecule is Cc1ccc2c(c1)[C@](Cc1ccc(Br)cc1)([C@H]1CC(=O)N(Cc3ccccc3)C1=O)C(=O)N2Cc1ccccc1. The summed E-state index contributed by atoms with van der Waals surface area (Å²) < 4.78 is 0.936. The molecule has 0 saturated carbocycles. The molecule has 0 aliphatic carbocycles. The number of amides is 3. The van der Waals surface area contributed by atoms with Gasteiger partial charge in [0.25, 0.3) is 0 Å². The van der Waals surface area contributed by atoms with Crippen LogP contribution in [0.3, 0.4) is 0 Å². The van der Waals surface area contributed by atoms with Gasteiger partial charge in [-0.15, -0.1) is 0 Å². The van der Waals surface area contributed by atoms with Crippen molar-refractivity contribution in [3.8, 4) is 0 Å². The third-order valence-corrected chi connectivity index (χ3v) is 8.68. The molecular formula is C34H29BrN2O3. The molecule has 4 aromatic carbocycles. The number of likely N-dealkylation sites (tertiary alicyclic amines) is 1. The van der Waals surface area contributed by atoms with Crippen molar-refractivity contribution in [2.45, 2.75) is 38.3 Å². The average Bonchev–Trinajstić information content (AvgIpc) is 3.37. The summed E-state index contributed by atoms with van der Waals surface area (Å²) in [5.74, 6) is -1.46. The molecule has 2 aliphatic heterocycles. The van der Waals surface area contributed by atoms with Gasteiger partial charge in [-0.25, -0.2) is 0 Å². The number of imide groups is 1. The summed E-state index contributed by atoms with van der Waals surface area (Å²) in [7, 11) is 0. The molecule has 1 fully saturated rings. The standard InChI is InChI=1S/C34H29BrN2O3/c1-23-12-17-30-28(18-23)34(20-24-13-15-27(35)16-14-24,33(40)36(30)21-25-8-4-2-5-9-25)29-19-31(38)37(32(29)39)22-26-10-6-3-7-11-26/h2-18,29H,19-22H2,1H3/t29-,34+/m0/s1. The summed E-state index contributed by atoms with van der Waals surface area (Å²) >= 11 is 3.51. The average molecular weight is 594 g/mol. The third kappa shape index (κ3) is 4.56. The highest BCUT2D eigenvalue weighted by Gasteiger charge is 2.61. The molecule has 0 unspecified atom stereocenters. The number of hydrogen-bond donors (Lipinski definition) is 0. The van der Waals surface area contributed by atoms with Gasteiger partial charge in [0.15, 0.2) is 0 Å². The summed E-state index contributed by atoms with van der Waals surface area (Å²) in [4.78, 5) is 45.6. The molecule has 1 saturated heterocycles. The van der Waals surface area contributed by atoms with E-state index in [1.165, 1.54) is 4.90 Å². The Bertz CT molecular complexity index is 1590. The number of halogens is 1. The molecule has 4 aromatic rings. The topological polar surface area (TPSA) is 57.7 Å². The minimum Gasteiger partial charge on any atom is -0.307 e. The van der Waals surface area contributed by atoms with Crippen LogP contribution in [-0.4, -0.2) is 22.6 Å². The van der Waals surface area contributed by atoms with Gasteiger partial charge in [-0.3, -0.25) is 19.3 Å². The molecule has 0 bridgehead atoms. The maximum Gasteiger partial charge on any atom is 0.239 e. The molecule has 2 heterocycles. The lowest BCUT2D eigenvalue weighted by atomic mass is 9.66. The van der Waals surface area contributed by atoms with E-state index in [0.717, 1.165) is 38.0 Å². The van der Waals surface area contributed by atoms with E-state index in [4.69, 9.17) is 0 Å². The molecule has 2 aliphatic rings. The Morgan fingerprint density at radius 1 is 0.750 bits per heavy atom. The molecule has 2 atom stereocenters. The zero-order chi connectivity index (χ0) is 27.9. The van der Waals surface area contributed by atoms with E-state index in [1.54, 1.807) is 4.90 Å². The molecule has 40 heavy (non-hydrogen) atoms. The first-order chi connectivity index (χ1) is 19.4. The highest BCUT2D eigenvalue weighted by molar-refractivity contribution is 9.10. The fourth-order valence-electron chi connectivity index (χ4n) is 6.19. The number of nitrogens with zero attached hydrogens (tertiary/aromatic N) is 2. The van der Waals surface area contributed by atoms with Crippen LogP contribution < -0.4 is 4.90 Å². The molecule has 6 heteroatoms. The molecule has 0 spiro atoms. The largest absolute Gasteiger partial charge is 0.307 e. The maximum atomic E-state index is 14.8. The quantitative estimate of drug-likeness (QED) is 0.235. The lowest BCUT2D eigenvalue weighted by molar-refractivity contribution is -0.142. The van der Waals surface area contributed by atoms with E-state index < -0.39 is 11.3 Å². The fourth-order valence-corrected chi connectivity index (χ4v) is 6.45. The molecular weight excluding hydrogens is 564 g/mol. The van der Waals surface area contributed by atoms with Gasteiger partial charge in [0, 0.05) is 16.6 Å². The van der Waals surface area contributed by atoms with E-state index in [9.17, 15) is 14.4 Å². The van der Waals surface area contributed by atoms with Crippen LogP contribution in [0.15, 0.2) is 108 Å². The molecule has 0 N–H and O–H groups in total. The molecule has 3 amide bonds. The van der Waals surface area contributed by atoms with Crippen molar-refractivity contribution in [3.63, 3.8) is 0 Å². The van der Waals surface area contributed by atoms with Gasteiger partial charge < -0.3 is 4.90 Å². The lowest BCUT2D eigenvalue weighted by Gasteiger charge is -2.34.